The van der Waals surface area contributed by atoms with Crippen LogP contribution >= 0.6 is 11.3 Å². The second-order valence-corrected chi connectivity index (χ2v) is 6.43. The normalized spacial score (nSPS) is 10.6. The standard InChI is InChI=1S/C17H21NOS/c1-4-5-11-18(15-9-7-6-8-10-15)17(19)16-12-13(2)20-14(16)3/h6-10,12H,4-5,11H2,1-3H3. The molecule has 0 saturated carbocycles. The zero-order valence-corrected chi connectivity index (χ0v) is 13.2. The Morgan fingerprint density at radius 3 is 2.45 bits per heavy atom. The minimum atomic E-state index is 0.117. The number of carbonyl (C=O) groups is 1. The van der Waals surface area contributed by atoms with Gasteiger partial charge in [0.05, 0.1) is 5.56 Å². The van der Waals surface area contributed by atoms with Crippen LogP contribution in [0.15, 0.2) is 36.4 Å². The third-order valence-electron chi connectivity index (χ3n) is 3.32. The first-order valence-corrected chi connectivity index (χ1v) is 7.89. The topological polar surface area (TPSA) is 20.3 Å². The SMILES string of the molecule is CCCCN(C(=O)c1cc(C)sc1C)c1ccccc1. The quantitative estimate of drug-likeness (QED) is 0.772. The van der Waals surface area contributed by atoms with Crippen molar-refractivity contribution in [2.45, 2.75) is 33.6 Å². The van der Waals surface area contributed by atoms with E-state index < -0.39 is 0 Å². The molecule has 0 spiro atoms. The number of benzene rings is 1. The Labute approximate surface area is 125 Å². The van der Waals surface area contributed by atoms with E-state index in [1.54, 1.807) is 11.3 Å². The highest BCUT2D eigenvalue weighted by Crippen LogP contribution is 2.25. The minimum absolute atomic E-state index is 0.117. The van der Waals surface area contributed by atoms with E-state index in [-0.39, 0.29) is 5.91 Å². The van der Waals surface area contributed by atoms with E-state index in [4.69, 9.17) is 0 Å². The highest BCUT2D eigenvalue weighted by atomic mass is 32.1. The fourth-order valence-corrected chi connectivity index (χ4v) is 3.18. The van der Waals surface area contributed by atoms with Crippen LogP contribution in [0.25, 0.3) is 0 Å². The smallest absolute Gasteiger partial charge is 0.259 e. The molecule has 2 rings (SSSR count). The van der Waals surface area contributed by atoms with Gasteiger partial charge < -0.3 is 4.90 Å². The molecule has 20 heavy (non-hydrogen) atoms. The molecule has 0 bridgehead atoms. The van der Waals surface area contributed by atoms with Crippen LogP contribution < -0.4 is 4.90 Å². The summed E-state index contributed by atoms with van der Waals surface area (Å²) < 4.78 is 0. The van der Waals surface area contributed by atoms with Gasteiger partial charge in [-0.2, -0.15) is 0 Å². The van der Waals surface area contributed by atoms with Gasteiger partial charge in [0, 0.05) is 22.0 Å². The summed E-state index contributed by atoms with van der Waals surface area (Å²) in [6.07, 6.45) is 2.10. The summed E-state index contributed by atoms with van der Waals surface area (Å²) in [5.74, 6) is 0.117. The molecule has 0 radical (unpaired) electrons. The number of rotatable bonds is 5. The van der Waals surface area contributed by atoms with Crippen molar-refractivity contribution >= 4 is 22.9 Å². The maximum Gasteiger partial charge on any atom is 0.259 e. The average Bonchev–Trinajstić information content (AvgIpc) is 2.79. The van der Waals surface area contributed by atoms with Crippen LogP contribution in [0.2, 0.25) is 0 Å². The molecule has 106 valence electrons. The molecule has 1 amide bonds. The number of hydrogen-bond acceptors (Lipinski definition) is 2. The number of carbonyl (C=O) groups excluding carboxylic acids is 1. The lowest BCUT2D eigenvalue weighted by Gasteiger charge is -2.22. The van der Waals surface area contributed by atoms with Crippen molar-refractivity contribution in [2.24, 2.45) is 0 Å². The number of unbranched alkanes of at least 4 members (excludes halogenated alkanes) is 1. The van der Waals surface area contributed by atoms with E-state index >= 15 is 0 Å². The first-order valence-electron chi connectivity index (χ1n) is 7.07. The van der Waals surface area contributed by atoms with Crippen molar-refractivity contribution in [3.05, 3.63) is 51.7 Å². The number of aryl methyl sites for hydroxylation is 2. The molecule has 0 aliphatic carbocycles. The Balaban J connectivity index is 2.31. The molecular weight excluding hydrogens is 266 g/mol. The fourth-order valence-electron chi connectivity index (χ4n) is 2.26. The lowest BCUT2D eigenvalue weighted by molar-refractivity contribution is 0.0986. The molecule has 0 unspecified atom stereocenters. The lowest BCUT2D eigenvalue weighted by Crippen LogP contribution is -2.32. The van der Waals surface area contributed by atoms with Gasteiger partial charge in [-0.05, 0) is 38.5 Å². The highest BCUT2D eigenvalue weighted by Gasteiger charge is 2.20. The monoisotopic (exact) mass is 287 g/mol. The Bertz CT molecular complexity index is 574. The summed E-state index contributed by atoms with van der Waals surface area (Å²) in [5.41, 5.74) is 1.82. The van der Waals surface area contributed by atoms with E-state index in [2.05, 4.69) is 6.92 Å². The number of thiophene rings is 1. The van der Waals surface area contributed by atoms with Crippen LogP contribution in [0.1, 0.15) is 39.9 Å². The summed E-state index contributed by atoms with van der Waals surface area (Å²) in [6, 6.07) is 11.9. The third kappa shape index (κ3) is 3.28. The average molecular weight is 287 g/mol. The van der Waals surface area contributed by atoms with Crippen LogP contribution in [0, 0.1) is 13.8 Å². The first kappa shape index (κ1) is 14.8. The van der Waals surface area contributed by atoms with Gasteiger partial charge in [0.1, 0.15) is 0 Å². The molecule has 0 aliphatic heterocycles. The zero-order chi connectivity index (χ0) is 14.5. The molecule has 0 fully saturated rings. The molecule has 1 aromatic heterocycles. The predicted octanol–water partition coefficient (Wildman–Crippen LogP) is 4.81. The number of nitrogens with zero attached hydrogens (tertiary/aromatic N) is 1. The van der Waals surface area contributed by atoms with Crippen molar-refractivity contribution < 1.29 is 4.79 Å². The molecule has 1 heterocycles. The highest BCUT2D eigenvalue weighted by molar-refractivity contribution is 7.12. The zero-order valence-electron chi connectivity index (χ0n) is 12.3. The van der Waals surface area contributed by atoms with Gasteiger partial charge >= 0.3 is 0 Å². The largest absolute Gasteiger partial charge is 0.308 e. The second-order valence-electron chi connectivity index (χ2n) is 4.97. The Morgan fingerprint density at radius 1 is 1.20 bits per heavy atom. The molecule has 0 N–H and O–H groups in total. The van der Waals surface area contributed by atoms with Crippen LogP contribution in [0.3, 0.4) is 0 Å². The molecule has 2 aromatic rings. The van der Waals surface area contributed by atoms with E-state index in [0.29, 0.717) is 0 Å². The molecule has 2 nitrogen and oxygen atoms in total. The first-order chi connectivity index (χ1) is 9.63. The maximum atomic E-state index is 12.8. The fraction of sp³-hybridized carbons (Fsp3) is 0.353. The van der Waals surface area contributed by atoms with E-state index in [0.717, 1.165) is 35.5 Å². The van der Waals surface area contributed by atoms with Crippen LogP contribution in [-0.4, -0.2) is 12.5 Å². The van der Waals surface area contributed by atoms with Crippen LogP contribution in [0.4, 0.5) is 5.69 Å². The number of hydrogen-bond donors (Lipinski definition) is 0. The summed E-state index contributed by atoms with van der Waals surface area (Å²) in [5, 5.41) is 0. The van der Waals surface area contributed by atoms with Gasteiger partial charge in [-0.25, -0.2) is 0 Å². The second kappa shape index (κ2) is 6.71. The van der Waals surface area contributed by atoms with Gasteiger partial charge in [0.15, 0.2) is 0 Å². The number of amides is 1. The van der Waals surface area contributed by atoms with Crippen LogP contribution in [0.5, 0.6) is 0 Å². The van der Waals surface area contributed by atoms with Crippen molar-refractivity contribution in [2.75, 3.05) is 11.4 Å². The summed E-state index contributed by atoms with van der Waals surface area (Å²) in [4.78, 5) is 17.0. The van der Waals surface area contributed by atoms with Gasteiger partial charge in [-0.15, -0.1) is 11.3 Å². The molecule has 0 aliphatic rings. The minimum Gasteiger partial charge on any atom is -0.308 e. The van der Waals surface area contributed by atoms with Gasteiger partial charge in [-0.3, -0.25) is 4.79 Å². The summed E-state index contributed by atoms with van der Waals surface area (Å²) in [6.45, 7) is 6.99. The van der Waals surface area contributed by atoms with Crippen LogP contribution in [-0.2, 0) is 0 Å². The van der Waals surface area contributed by atoms with Crippen molar-refractivity contribution in [1.82, 2.24) is 0 Å². The number of para-hydroxylation sites is 1. The molecule has 0 saturated heterocycles. The van der Waals surface area contributed by atoms with Gasteiger partial charge in [0.2, 0.25) is 0 Å². The predicted molar refractivity (Wildman–Crippen MR) is 86.8 cm³/mol. The van der Waals surface area contributed by atoms with E-state index in [9.17, 15) is 4.79 Å². The lowest BCUT2D eigenvalue weighted by atomic mass is 10.1. The van der Waals surface area contributed by atoms with E-state index in [1.807, 2.05) is 55.1 Å². The molecule has 3 heteroatoms. The molecule has 1 aromatic carbocycles. The Hall–Kier alpha value is -1.61. The Kier molecular flexibility index (Phi) is 4.96. The summed E-state index contributed by atoms with van der Waals surface area (Å²) in [7, 11) is 0. The van der Waals surface area contributed by atoms with Gasteiger partial charge in [-0.1, -0.05) is 31.5 Å². The molecule has 0 atom stereocenters. The Morgan fingerprint density at radius 2 is 1.90 bits per heavy atom. The van der Waals surface area contributed by atoms with E-state index in [1.165, 1.54) is 4.88 Å². The van der Waals surface area contributed by atoms with Crippen molar-refractivity contribution in [1.29, 1.82) is 0 Å². The van der Waals surface area contributed by atoms with Crippen molar-refractivity contribution in [3.63, 3.8) is 0 Å². The molecular formula is C17H21NOS. The third-order valence-corrected chi connectivity index (χ3v) is 4.29. The maximum absolute atomic E-state index is 12.8. The van der Waals surface area contributed by atoms with Gasteiger partial charge in [0.25, 0.3) is 5.91 Å². The van der Waals surface area contributed by atoms with Crippen molar-refractivity contribution in [3.8, 4) is 0 Å². The number of anilines is 1. The summed E-state index contributed by atoms with van der Waals surface area (Å²) >= 11 is 1.69.